The Kier molecular flexibility index (Phi) is 4.07. The zero-order valence-corrected chi connectivity index (χ0v) is 12.0. The van der Waals surface area contributed by atoms with E-state index < -0.39 is 5.25 Å². The van der Waals surface area contributed by atoms with E-state index in [1.165, 1.54) is 10.5 Å². The lowest BCUT2D eigenvalue weighted by Crippen LogP contribution is -2.30. The van der Waals surface area contributed by atoms with Gasteiger partial charge in [0.2, 0.25) is 11.8 Å². The minimum absolute atomic E-state index is 0.175. The van der Waals surface area contributed by atoms with Gasteiger partial charge in [0.25, 0.3) is 0 Å². The van der Waals surface area contributed by atoms with Crippen molar-refractivity contribution >= 4 is 48.9 Å². The molecule has 1 aromatic carbocycles. The molecule has 0 N–H and O–H groups in total. The van der Waals surface area contributed by atoms with Gasteiger partial charge in [-0.1, -0.05) is 19.1 Å². The third-order valence-corrected chi connectivity index (χ3v) is 4.48. The van der Waals surface area contributed by atoms with Crippen LogP contribution >= 0.6 is 24.2 Å². The molecule has 1 saturated heterocycles. The first-order valence-corrected chi connectivity index (χ1v) is 7.52. The molecule has 0 bridgehead atoms. The molecule has 1 aliphatic rings. The minimum atomic E-state index is -0.498. The molecule has 0 saturated carbocycles. The lowest BCUT2D eigenvalue weighted by Gasteiger charge is -2.16. The van der Waals surface area contributed by atoms with Crippen molar-refractivity contribution in [3.05, 3.63) is 29.8 Å². The van der Waals surface area contributed by atoms with E-state index in [9.17, 15) is 9.59 Å². The third-order valence-electron chi connectivity index (χ3n) is 3.10. The van der Waals surface area contributed by atoms with E-state index in [1.807, 2.05) is 24.3 Å². The normalized spacial score (nSPS) is 21.4. The highest BCUT2D eigenvalue weighted by Gasteiger charge is 2.37. The highest BCUT2D eigenvalue weighted by molar-refractivity contribution is 8.19. The second kappa shape index (κ2) is 5.40. The van der Waals surface area contributed by atoms with Gasteiger partial charge in [0.1, 0.15) is 0 Å². The molecule has 2 amide bonds. The maximum atomic E-state index is 11.8. The van der Waals surface area contributed by atoms with Gasteiger partial charge in [-0.05, 0) is 17.7 Å². The monoisotopic (exact) mass is 279 g/mol. The van der Waals surface area contributed by atoms with Crippen LogP contribution in [0, 0.1) is 0 Å². The highest BCUT2D eigenvalue weighted by Crippen LogP contribution is 2.29. The zero-order chi connectivity index (χ0) is 13.3. The fourth-order valence-electron chi connectivity index (χ4n) is 1.92. The molecule has 2 unspecified atom stereocenters. The van der Waals surface area contributed by atoms with Crippen LogP contribution in [-0.4, -0.2) is 24.2 Å². The topological polar surface area (TPSA) is 37.4 Å². The van der Waals surface area contributed by atoms with Crippen LogP contribution in [0.1, 0.15) is 24.2 Å². The molecule has 18 heavy (non-hydrogen) atoms. The summed E-state index contributed by atoms with van der Waals surface area (Å²) in [6, 6.07) is 7.57. The summed E-state index contributed by atoms with van der Waals surface area (Å²) in [4.78, 5) is 24.8. The molecule has 1 aromatic rings. The fraction of sp³-hybridized carbons (Fsp3) is 0.333. The molecule has 0 spiro atoms. The van der Waals surface area contributed by atoms with Gasteiger partial charge in [0.15, 0.2) is 7.12 Å². The summed E-state index contributed by atoms with van der Waals surface area (Å²) in [5.74, 6) is -0.403. The number of thiol groups is 1. The zero-order valence-electron chi connectivity index (χ0n) is 10.3. The molecule has 2 atom stereocenters. The molecule has 1 fully saturated rings. The van der Waals surface area contributed by atoms with E-state index in [0.717, 1.165) is 0 Å². The Labute approximate surface area is 117 Å². The van der Waals surface area contributed by atoms with Crippen LogP contribution in [0.5, 0.6) is 0 Å². The van der Waals surface area contributed by atoms with Crippen LogP contribution < -0.4 is 4.90 Å². The number of hydrogen-bond donors (Lipinski definition) is 1. The molecule has 6 heteroatoms. The van der Waals surface area contributed by atoms with Gasteiger partial charge >= 0.3 is 0 Å². The van der Waals surface area contributed by atoms with Crippen molar-refractivity contribution in [2.24, 2.45) is 0 Å². The smallest absolute Gasteiger partial charge is 0.247 e. The predicted molar refractivity (Wildman–Crippen MR) is 80.9 cm³/mol. The average molecular weight is 279 g/mol. The Bertz CT molecular complexity index is 477. The summed E-state index contributed by atoms with van der Waals surface area (Å²) in [6.45, 7) is 2.12. The lowest BCUT2D eigenvalue weighted by atomic mass is 10.1. The molecule has 1 aliphatic heterocycles. The Morgan fingerprint density at radius 2 is 2.00 bits per heavy atom. The quantitative estimate of drug-likeness (QED) is 0.518. The predicted octanol–water partition coefficient (Wildman–Crippen LogP) is 1.59. The van der Waals surface area contributed by atoms with E-state index >= 15 is 0 Å². The second-order valence-corrected chi connectivity index (χ2v) is 6.06. The molecule has 0 radical (unpaired) electrons. The van der Waals surface area contributed by atoms with Crippen molar-refractivity contribution in [3.8, 4) is 0 Å². The molecule has 0 aromatic heterocycles. The lowest BCUT2D eigenvalue weighted by molar-refractivity contribution is -0.121. The van der Waals surface area contributed by atoms with Gasteiger partial charge in [-0.2, -0.15) is 12.6 Å². The largest absolute Gasteiger partial charge is 0.274 e. The van der Waals surface area contributed by atoms with E-state index in [2.05, 4.69) is 26.7 Å². The van der Waals surface area contributed by atoms with Gasteiger partial charge in [-0.25, -0.2) is 16.5 Å². The number of anilines is 1. The summed E-state index contributed by atoms with van der Waals surface area (Å²) >= 11 is 5.87. The summed E-state index contributed by atoms with van der Waals surface area (Å²) in [5.41, 5.74) is 1.83. The van der Waals surface area contributed by atoms with Crippen LogP contribution in [-0.2, 0) is 9.59 Å². The van der Waals surface area contributed by atoms with E-state index in [0.29, 0.717) is 10.9 Å². The van der Waals surface area contributed by atoms with Crippen molar-refractivity contribution in [2.75, 3.05) is 4.90 Å². The van der Waals surface area contributed by atoms with Gasteiger partial charge < -0.3 is 0 Å². The molecule has 94 valence electrons. The maximum absolute atomic E-state index is 11.8. The Hall–Kier alpha value is -0.875. The van der Waals surface area contributed by atoms with Crippen LogP contribution in [0.25, 0.3) is 0 Å². The number of nitrogens with zero attached hydrogens (tertiary/aromatic N) is 1. The molecule has 2 rings (SSSR count). The standard InChI is InChI=1S/C12H14BNO2S2/c1-7(18-13)8-2-4-9(5-3-8)14-11(15)6-10(17)12(14)16/h2-5,7,10,17H,6,13H2,1H3. The number of imide groups is 1. The van der Waals surface area contributed by atoms with Gasteiger partial charge in [0, 0.05) is 11.7 Å². The fourth-order valence-corrected chi connectivity index (χ4v) is 2.62. The number of hydrogen-bond acceptors (Lipinski definition) is 4. The number of carbonyl (C=O) groups excluding carboxylic acids is 2. The van der Waals surface area contributed by atoms with Crippen LogP contribution in [0.15, 0.2) is 24.3 Å². The number of rotatable bonds is 3. The molecule has 3 nitrogen and oxygen atoms in total. The number of carbonyl (C=O) groups is 2. The van der Waals surface area contributed by atoms with E-state index in [4.69, 9.17) is 0 Å². The minimum Gasteiger partial charge on any atom is -0.274 e. The van der Waals surface area contributed by atoms with Crippen LogP contribution in [0.3, 0.4) is 0 Å². The van der Waals surface area contributed by atoms with Gasteiger partial charge in [-0.3, -0.25) is 9.59 Å². The highest BCUT2D eigenvalue weighted by atomic mass is 32.2. The summed E-state index contributed by atoms with van der Waals surface area (Å²) in [6.07, 6.45) is 0.185. The van der Waals surface area contributed by atoms with E-state index in [1.54, 1.807) is 11.6 Å². The van der Waals surface area contributed by atoms with Crippen molar-refractivity contribution in [3.63, 3.8) is 0 Å². The second-order valence-electron chi connectivity index (χ2n) is 4.26. The Morgan fingerprint density at radius 1 is 1.39 bits per heavy atom. The SMILES string of the molecule is BSC(C)c1ccc(N2C(=O)CC(S)C2=O)cc1. The van der Waals surface area contributed by atoms with Crippen molar-refractivity contribution in [2.45, 2.75) is 23.8 Å². The number of benzene rings is 1. The van der Waals surface area contributed by atoms with E-state index in [-0.39, 0.29) is 18.2 Å². The molecular formula is C12H14BNO2S2. The molecule has 1 heterocycles. The van der Waals surface area contributed by atoms with Crippen LogP contribution in [0.2, 0.25) is 0 Å². The summed E-state index contributed by atoms with van der Waals surface area (Å²) < 4.78 is 0. The summed E-state index contributed by atoms with van der Waals surface area (Å²) in [7, 11) is 2.05. The van der Waals surface area contributed by atoms with Crippen LogP contribution in [0.4, 0.5) is 5.69 Å². The van der Waals surface area contributed by atoms with Crippen molar-refractivity contribution in [1.82, 2.24) is 0 Å². The number of amides is 2. The third kappa shape index (κ3) is 2.45. The summed E-state index contributed by atoms with van der Waals surface area (Å²) in [5, 5.41) is -0.0936. The first kappa shape index (κ1) is 13.6. The Balaban J connectivity index is 2.25. The maximum Gasteiger partial charge on any atom is 0.247 e. The molecular weight excluding hydrogens is 265 g/mol. The Morgan fingerprint density at radius 3 is 2.44 bits per heavy atom. The average Bonchev–Trinajstić information content (AvgIpc) is 2.63. The van der Waals surface area contributed by atoms with Crippen molar-refractivity contribution < 1.29 is 9.59 Å². The van der Waals surface area contributed by atoms with Crippen molar-refractivity contribution in [1.29, 1.82) is 0 Å². The van der Waals surface area contributed by atoms with Gasteiger partial charge in [-0.15, -0.1) is 0 Å². The first-order valence-electron chi connectivity index (χ1n) is 5.72. The first-order chi connectivity index (χ1) is 8.54. The van der Waals surface area contributed by atoms with Gasteiger partial charge in [0.05, 0.1) is 10.9 Å². The molecule has 0 aliphatic carbocycles.